The van der Waals surface area contributed by atoms with Crippen molar-refractivity contribution in [3.05, 3.63) is 34.6 Å². The van der Waals surface area contributed by atoms with Crippen molar-refractivity contribution in [2.75, 3.05) is 13.7 Å². The van der Waals surface area contributed by atoms with E-state index in [4.69, 9.17) is 16.3 Å². The highest BCUT2D eigenvalue weighted by Crippen LogP contribution is 2.37. The fraction of sp³-hybridized carbons (Fsp3) is 0.600. The number of rotatable bonds is 4. The highest BCUT2D eigenvalue weighted by atomic mass is 35.5. The summed E-state index contributed by atoms with van der Waals surface area (Å²) in [6, 6.07) is 5.23. The third-order valence-electron chi connectivity index (χ3n) is 3.99. The Labute approximate surface area is 113 Å². The van der Waals surface area contributed by atoms with Crippen molar-refractivity contribution >= 4 is 11.6 Å². The molecule has 0 aromatic heterocycles. The van der Waals surface area contributed by atoms with E-state index in [1.54, 1.807) is 19.2 Å². The summed E-state index contributed by atoms with van der Waals surface area (Å²) < 4.78 is 18.5. The number of methoxy groups -OCH3 is 1. The zero-order valence-corrected chi connectivity index (χ0v) is 11.5. The van der Waals surface area contributed by atoms with E-state index in [9.17, 15) is 4.39 Å². The van der Waals surface area contributed by atoms with Crippen LogP contribution in [0.25, 0.3) is 0 Å². The summed E-state index contributed by atoms with van der Waals surface area (Å²) in [4.78, 5) is 0. The summed E-state index contributed by atoms with van der Waals surface area (Å²) in [6.45, 7) is 0.852. The molecule has 1 saturated carbocycles. The second-order valence-electron chi connectivity index (χ2n) is 5.17. The molecule has 0 spiro atoms. The minimum Gasteiger partial charge on any atom is -0.385 e. The molecule has 0 bridgehead atoms. The number of hydrogen-bond acceptors (Lipinski definition) is 1. The normalized spacial score (nSPS) is 24.2. The molecular weight excluding hydrogens is 251 g/mol. The average Bonchev–Trinajstić information content (AvgIpc) is 2.40. The first kappa shape index (κ1) is 13.8. The zero-order valence-electron chi connectivity index (χ0n) is 10.8. The van der Waals surface area contributed by atoms with Gasteiger partial charge >= 0.3 is 0 Å². The van der Waals surface area contributed by atoms with Gasteiger partial charge in [0.2, 0.25) is 0 Å². The van der Waals surface area contributed by atoms with Gasteiger partial charge in [-0.2, -0.15) is 0 Å². The molecule has 0 heterocycles. The monoisotopic (exact) mass is 270 g/mol. The molecule has 1 aromatic rings. The van der Waals surface area contributed by atoms with E-state index in [-0.39, 0.29) is 10.8 Å². The van der Waals surface area contributed by atoms with Crippen LogP contribution in [0.5, 0.6) is 0 Å². The molecule has 18 heavy (non-hydrogen) atoms. The molecule has 1 nitrogen and oxygen atoms in total. The van der Waals surface area contributed by atoms with Gasteiger partial charge in [-0.25, -0.2) is 4.39 Å². The first-order valence-corrected chi connectivity index (χ1v) is 7.02. The maximum atomic E-state index is 13.4. The lowest BCUT2D eigenvalue weighted by Crippen LogP contribution is -2.15. The SMILES string of the molecule is COCC[C@H]1CC[C@H](c2ccc(Cl)c(F)c2)CC1. The number of benzene rings is 1. The molecule has 1 aliphatic carbocycles. The first-order chi connectivity index (χ1) is 8.70. The Morgan fingerprint density at radius 3 is 2.61 bits per heavy atom. The van der Waals surface area contributed by atoms with E-state index in [2.05, 4.69) is 0 Å². The zero-order chi connectivity index (χ0) is 13.0. The van der Waals surface area contributed by atoms with Crippen LogP contribution in [0.1, 0.15) is 43.6 Å². The van der Waals surface area contributed by atoms with Crippen LogP contribution in [0.3, 0.4) is 0 Å². The largest absolute Gasteiger partial charge is 0.385 e. The minimum atomic E-state index is -0.296. The van der Waals surface area contributed by atoms with Gasteiger partial charge in [-0.3, -0.25) is 0 Å². The minimum absolute atomic E-state index is 0.215. The van der Waals surface area contributed by atoms with Crippen molar-refractivity contribution in [2.24, 2.45) is 5.92 Å². The molecule has 1 fully saturated rings. The lowest BCUT2D eigenvalue weighted by atomic mass is 9.78. The molecule has 0 N–H and O–H groups in total. The molecule has 0 atom stereocenters. The maximum Gasteiger partial charge on any atom is 0.142 e. The molecular formula is C15H20ClFO. The Morgan fingerprint density at radius 1 is 1.28 bits per heavy atom. The first-order valence-electron chi connectivity index (χ1n) is 6.64. The Morgan fingerprint density at radius 2 is 2.00 bits per heavy atom. The van der Waals surface area contributed by atoms with Crippen molar-refractivity contribution in [3.63, 3.8) is 0 Å². The molecule has 2 rings (SSSR count). The van der Waals surface area contributed by atoms with E-state index in [0.717, 1.165) is 37.4 Å². The van der Waals surface area contributed by atoms with Gasteiger partial charge in [-0.15, -0.1) is 0 Å². The lowest BCUT2D eigenvalue weighted by Gasteiger charge is -2.28. The Hall–Kier alpha value is -0.600. The number of halogens is 2. The molecule has 0 aliphatic heterocycles. The van der Waals surface area contributed by atoms with E-state index in [0.29, 0.717) is 5.92 Å². The van der Waals surface area contributed by atoms with Crippen LogP contribution >= 0.6 is 11.6 Å². The van der Waals surface area contributed by atoms with Crippen molar-refractivity contribution in [1.82, 2.24) is 0 Å². The Balaban J connectivity index is 1.90. The van der Waals surface area contributed by atoms with E-state index >= 15 is 0 Å². The van der Waals surface area contributed by atoms with Gasteiger partial charge in [0.1, 0.15) is 5.82 Å². The second kappa shape index (κ2) is 6.53. The van der Waals surface area contributed by atoms with Gasteiger partial charge in [0.05, 0.1) is 5.02 Å². The standard InChI is InChI=1S/C15H20ClFO/c1-18-9-8-11-2-4-12(5-3-11)13-6-7-14(16)15(17)10-13/h6-7,10-12H,2-5,8-9H2,1H3/t11-,12-. The summed E-state index contributed by atoms with van der Waals surface area (Å²) in [5.74, 6) is 0.976. The highest BCUT2D eigenvalue weighted by molar-refractivity contribution is 6.30. The topological polar surface area (TPSA) is 9.23 Å². The average molecular weight is 271 g/mol. The van der Waals surface area contributed by atoms with Crippen LogP contribution in [0.15, 0.2) is 18.2 Å². The van der Waals surface area contributed by atoms with Crippen LogP contribution < -0.4 is 0 Å². The fourth-order valence-corrected chi connectivity index (χ4v) is 2.95. The van der Waals surface area contributed by atoms with Crippen molar-refractivity contribution in [3.8, 4) is 0 Å². The molecule has 0 unspecified atom stereocenters. The van der Waals surface area contributed by atoms with Crippen LogP contribution in [-0.4, -0.2) is 13.7 Å². The molecule has 3 heteroatoms. The quantitative estimate of drug-likeness (QED) is 0.764. The molecule has 0 radical (unpaired) electrons. The fourth-order valence-electron chi connectivity index (χ4n) is 2.84. The van der Waals surface area contributed by atoms with Crippen LogP contribution in [0, 0.1) is 11.7 Å². The van der Waals surface area contributed by atoms with Gasteiger partial charge in [-0.05, 0) is 61.6 Å². The molecule has 1 aromatic carbocycles. The van der Waals surface area contributed by atoms with Crippen LogP contribution in [0.4, 0.5) is 4.39 Å². The second-order valence-corrected chi connectivity index (χ2v) is 5.58. The van der Waals surface area contributed by atoms with Gasteiger partial charge in [0.25, 0.3) is 0 Å². The molecule has 0 amide bonds. The summed E-state index contributed by atoms with van der Waals surface area (Å²) >= 11 is 5.71. The molecule has 0 saturated heterocycles. The Bertz CT molecular complexity index is 386. The smallest absolute Gasteiger partial charge is 0.142 e. The summed E-state index contributed by atoms with van der Waals surface area (Å²) in [5, 5.41) is 0.215. The lowest BCUT2D eigenvalue weighted by molar-refractivity contribution is 0.163. The van der Waals surface area contributed by atoms with Crippen LogP contribution in [0.2, 0.25) is 5.02 Å². The Kier molecular flexibility index (Phi) is 5.02. The molecule has 1 aliphatic rings. The number of hydrogen-bond donors (Lipinski definition) is 0. The van der Waals surface area contributed by atoms with Crippen molar-refractivity contribution < 1.29 is 9.13 Å². The predicted octanol–water partition coefficient (Wildman–Crippen LogP) is 4.79. The number of ether oxygens (including phenoxy) is 1. The molecule has 100 valence electrons. The van der Waals surface area contributed by atoms with Crippen LogP contribution in [-0.2, 0) is 4.74 Å². The third kappa shape index (κ3) is 3.46. The maximum absolute atomic E-state index is 13.4. The highest BCUT2D eigenvalue weighted by Gasteiger charge is 2.22. The summed E-state index contributed by atoms with van der Waals surface area (Å²) in [5.41, 5.74) is 1.10. The summed E-state index contributed by atoms with van der Waals surface area (Å²) in [7, 11) is 1.75. The van der Waals surface area contributed by atoms with E-state index in [1.165, 1.54) is 12.8 Å². The predicted molar refractivity (Wildman–Crippen MR) is 72.6 cm³/mol. The van der Waals surface area contributed by atoms with Gasteiger partial charge in [0, 0.05) is 13.7 Å². The third-order valence-corrected chi connectivity index (χ3v) is 4.30. The van der Waals surface area contributed by atoms with Gasteiger partial charge in [-0.1, -0.05) is 17.7 Å². The van der Waals surface area contributed by atoms with Crippen molar-refractivity contribution in [2.45, 2.75) is 38.0 Å². The summed E-state index contributed by atoms with van der Waals surface area (Å²) in [6.07, 6.45) is 5.89. The van der Waals surface area contributed by atoms with Gasteiger partial charge < -0.3 is 4.74 Å². The van der Waals surface area contributed by atoms with Crippen molar-refractivity contribution in [1.29, 1.82) is 0 Å². The van der Waals surface area contributed by atoms with E-state index < -0.39 is 0 Å². The van der Waals surface area contributed by atoms with Gasteiger partial charge in [0.15, 0.2) is 0 Å². The van der Waals surface area contributed by atoms with E-state index in [1.807, 2.05) is 6.07 Å².